The van der Waals surface area contributed by atoms with Crippen molar-refractivity contribution in [1.82, 2.24) is 9.29 Å². The normalized spacial score (nSPS) is 15.3. The molecule has 0 bridgehead atoms. The maximum absolute atomic E-state index is 13.8. The smallest absolute Gasteiger partial charge is 0.266 e. The van der Waals surface area contributed by atoms with Crippen LogP contribution in [0.25, 0.3) is 10.9 Å². The van der Waals surface area contributed by atoms with Crippen LogP contribution in [-0.4, -0.2) is 34.4 Å². The van der Waals surface area contributed by atoms with E-state index in [2.05, 4.69) is 10.2 Å². The Kier molecular flexibility index (Phi) is 6.97. The summed E-state index contributed by atoms with van der Waals surface area (Å²) in [6, 6.07) is 10.6. The molecule has 1 fully saturated rings. The molecule has 0 radical (unpaired) electrons. The predicted octanol–water partition coefficient (Wildman–Crippen LogP) is 4.72. The third-order valence-electron chi connectivity index (χ3n) is 4.67. The van der Waals surface area contributed by atoms with Crippen molar-refractivity contribution in [3.63, 3.8) is 0 Å². The molecule has 29 heavy (non-hydrogen) atoms. The molecule has 4 nitrogen and oxygen atoms in total. The minimum Gasteiger partial charge on any atom is -0.368 e. The molecule has 0 saturated carbocycles. The fourth-order valence-electron chi connectivity index (χ4n) is 3.43. The number of halogens is 3. The van der Waals surface area contributed by atoms with Gasteiger partial charge in [0, 0.05) is 49.0 Å². The first-order chi connectivity index (χ1) is 14.1. The summed E-state index contributed by atoms with van der Waals surface area (Å²) in [7, 11) is -1.83. The molecule has 1 aliphatic heterocycles. The van der Waals surface area contributed by atoms with E-state index in [1.807, 2.05) is 19.9 Å². The fraction of sp³-hybridized carbons (Fsp3) is 0.333. The van der Waals surface area contributed by atoms with Crippen molar-refractivity contribution in [3.8, 4) is 0 Å². The zero-order chi connectivity index (χ0) is 21.0. The Labute approximate surface area is 170 Å². The van der Waals surface area contributed by atoms with Gasteiger partial charge < -0.3 is 10.2 Å². The van der Waals surface area contributed by atoms with Gasteiger partial charge in [0.15, 0.2) is 11.0 Å². The average molecular weight is 424 g/mol. The highest BCUT2D eigenvalue weighted by Gasteiger charge is 2.24. The molecular formula is C21H24F3N3OS. The zero-order valence-electron chi connectivity index (χ0n) is 16.4. The molecule has 2 aromatic carbocycles. The summed E-state index contributed by atoms with van der Waals surface area (Å²) in [5.74, 6) is -0.520. The molecule has 3 aromatic rings. The lowest BCUT2D eigenvalue weighted by Crippen LogP contribution is -2.43. The number of piperazine rings is 1. The lowest BCUT2D eigenvalue weighted by atomic mass is 10.1. The van der Waals surface area contributed by atoms with Gasteiger partial charge in [-0.15, -0.1) is 0 Å². The van der Waals surface area contributed by atoms with Gasteiger partial charge in [0.2, 0.25) is 0 Å². The van der Waals surface area contributed by atoms with Crippen LogP contribution in [0, 0.1) is 5.82 Å². The lowest BCUT2D eigenvalue weighted by molar-refractivity contribution is 0.153. The standard InChI is InChI=1S/C19H18F3N3OS.C2H6/c20-13-3-1-4-14(11-13)27(26)25-12-15(19(21)22)18-16(5-2-6-17(18)25)24-9-7-23-8-10-24;1-2/h1-6,11-12,19,23H,7-10H2;1-2H3. The number of hydrogen-bond acceptors (Lipinski definition) is 3. The van der Waals surface area contributed by atoms with Crippen LogP contribution in [-0.2, 0) is 11.0 Å². The molecule has 0 amide bonds. The summed E-state index contributed by atoms with van der Waals surface area (Å²) in [5, 5.41) is 3.64. The summed E-state index contributed by atoms with van der Waals surface area (Å²) < 4.78 is 55.4. The number of aromatic nitrogens is 1. The third kappa shape index (κ3) is 4.33. The van der Waals surface area contributed by atoms with Gasteiger partial charge in [0.1, 0.15) is 5.82 Å². The van der Waals surface area contributed by atoms with Crippen molar-refractivity contribution < 1.29 is 17.4 Å². The second-order valence-corrected chi connectivity index (χ2v) is 7.69. The Balaban J connectivity index is 0.00000117. The van der Waals surface area contributed by atoms with Crippen molar-refractivity contribution in [1.29, 1.82) is 0 Å². The first kappa shape index (κ1) is 21.4. The van der Waals surface area contributed by atoms with Crippen molar-refractivity contribution in [3.05, 3.63) is 60.0 Å². The molecule has 1 aromatic heterocycles. The molecule has 0 aliphatic carbocycles. The first-order valence-electron chi connectivity index (χ1n) is 9.62. The number of nitrogens with zero attached hydrogens (tertiary/aromatic N) is 2. The monoisotopic (exact) mass is 423 g/mol. The summed E-state index contributed by atoms with van der Waals surface area (Å²) in [6.07, 6.45) is -1.48. The Morgan fingerprint density at radius 3 is 2.41 bits per heavy atom. The van der Waals surface area contributed by atoms with Crippen LogP contribution in [0.3, 0.4) is 0 Å². The van der Waals surface area contributed by atoms with Crippen LogP contribution in [0.4, 0.5) is 18.9 Å². The maximum Gasteiger partial charge on any atom is 0.266 e. The topological polar surface area (TPSA) is 37.3 Å². The SMILES string of the molecule is CC.O=S(c1cccc(F)c1)n1cc(C(F)F)c2c(N3CCNCC3)cccc21. The number of hydrogen-bond donors (Lipinski definition) is 1. The van der Waals surface area contributed by atoms with Gasteiger partial charge in [-0.1, -0.05) is 26.0 Å². The molecule has 1 saturated heterocycles. The van der Waals surface area contributed by atoms with Crippen LogP contribution < -0.4 is 10.2 Å². The molecule has 0 spiro atoms. The molecule has 2 heterocycles. The number of benzene rings is 2. The third-order valence-corrected chi connectivity index (χ3v) is 5.99. The predicted molar refractivity (Wildman–Crippen MR) is 112 cm³/mol. The van der Waals surface area contributed by atoms with Crippen molar-refractivity contribution >= 4 is 27.6 Å². The summed E-state index contributed by atoms with van der Waals surface area (Å²) in [6.45, 7) is 6.96. The van der Waals surface area contributed by atoms with Gasteiger partial charge in [0.25, 0.3) is 6.43 Å². The molecule has 1 atom stereocenters. The highest BCUT2D eigenvalue weighted by Crippen LogP contribution is 2.37. The van der Waals surface area contributed by atoms with E-state index in [0.29, 0.717) is 29.7 Å². The fourth-order valence-corrected chi connectivity index (χ4v) is 4.60. The van der Waals surface area contributed by atoms with Gasteiger partial charge >= 0.3 is 0 Å². The molecule has 8 heteroatoms. The van der Waals surface area contributed by atoms with Crippen LogP contribution >= 0.6 is 0 Å². The maximum atomic E-state index is 13.8. The number of alkyl halides is 2. The van der Waals surface area contributed by atoms with Gasteiger partial charge in [-0.25, -0.2) is 17.4 Å². The van der Waals surface area contributed by atoms with E-state index >= 15 is 0 Å². The number of anilines is 1. The molecule has 156 valence electrons. The molecular weight excluding hydrogens is 399 g/mol. The average Bonchev–Trinajstić information content (AvgIpc) is 3.15. The number of fused-ring (bicyclic) bond motifs is 1. The second-order valence-electron chi connectivity index (χ2n) is 6.33. The number of rotatable bonds is 4. The van der Waals surface area contributed by atoms with Gasteiger partial charge in [-0.2, -0.15) is 0 Å². The van der Waals surface area contributed by atoms with Crippen molar-refractivity contribution in [2.75, 3.05) is 31.1 Å². The minimum atomic E-state index is -2.71. The Morgan fingerprint density at radius 1 is 1.07 bits per heavy atom. The zero-order valence-corrected chi connectivity index (χ0v) is 17.2. The summed E-state index contributed by atoms with van der Waals surface area (Å²) in [4.78, 5) is 2.28. The summed E-state index contributed by atoms with van der Waals surface area (Å²) in [5.41, 5.74) is 0.993. The van der Waals surface area contributed by atoms with Gasteiger partial charge in [0.05, 0.1) is 10.4 Å². The van der Waals surface area contributed by atoms with Gasteiger partial charge in [-0.05, 0) is 30.3 Å². The van der Waals surface area contributed by atoms with E-state index in [-0.39, 0.29) is 10.5 Å². The van der Waals surface area contributed by atoms with E-state index < -0.39 is 23.2 Å². The van der Waals surface area contributed by atoms with Crippen LogP contribution in [0.1, 0.15) is 25.8 Å². The quantitative estimate of drug-likeness (QED) is 0.660. The van der Waals surface area contributed by atoms with Crippen LogP contribution in [0.15, 0.2) is 53.6 Å². The Bertz CT molecular complexity index is 1000. The first-order valence-corrected chi connectivity index (χ1v) is 10.7. The lowest BCUT2D eigenvalue weighted by Gasteiger charge is -2.30. The van der Waals surface area contributed by atoms with E-state index in [9.17, 15) is 17.4 Å². The minimum absolute atomic E-state index is 0.163. The van der Waals surface area contributed by atoms with Crippen LogP contribution in [0.5, 0.6) is 0 Å². The van der Waals surface area contributed by atoms with E-state index in [1.54, 1.807) is 12.1 Å². The molecule has 1 N–H and O–H groups in total. The van der Waals surface area contributed by atoms with E-state index in [1.165, 1.54) is 28.4 Å². The molecule has 1 aliphatic rings. The van der Waals surface area contributed by atoms with Crippen molar-refractivity contribution in [2.24, 2.45) is 0 Å². The van der Waals surface area contributed by atoms with Crippen LogP contribution in [0.2, 0.25) is 0 Å². The Hall–Kier alpha value is -2.32. The largest absolute Gasteiger partial charge is 0.368 e. The summed E-state index contributed by atoms with van der Waals surface area (Å²) >= 11 is 0. The van der Waals surface area contributed by atoms with Gasteiger partial charge in [-0.3, -0.25) is 3.97 Å². The number of nitrogens with one attached hydrogen (secondary N) is 1. The Morgan fingerprint density at radius 2 is 1.76 bits per heavy atom. The molecule has 1 unspecified atom stereocenters. The van der Waals surface area contributed by atoms with E-state index in [4.69, 9.17) is 0 Å². The molecule has 4 rings (SSSR count). The highest BCUT2D eigenvalue weighted by atomic mass is 32.2. The van der Waals surface area contributed by atoms with Crippen molar-refractivity contribution in [2.45, 2.75) is 25.2 Å². The highest BCUT2D eigenvalue weighted by molar-refractivity contribution is 7.83. The van der Waals surface area contributed by atoms with E-state index in [0.717, 1.165) is 19.2 Å². The second kappa shape index (κ2) is 9.45.